The minimum absolute atomic E-state index is 0.156. The second-order valence-corrected chi connectivity index (χ2v) is 7.85. The van der Waals surface area contributed by atoms with Gasteiger partial charge in [0.05, 0.1) is 5.69 Å². The van der Waals surface area contributed by atoms with E-state index in [-0.39, 0.29) is 12.5 Å². The molecule has 1 atom stereocenters. The van der Waals surface area contributed by atoms with Crippen LogP contribution < -0.4 is 4.90 Å². The Bertz CT molecular complexity index is 1010. The van der Waals surface area contributed by atoms with Gasteiger partial charge in [-0.1, -0.05) is 41.7 Å². The van der Waals surface area contributed by atoms with Crippen LogP contribution in [-0.4, -0.2) is 47.0 Å². The molecule has 0 fully saturated rings. The minimum Gasteiger partial charge on any atom is -0.445 e. The summed E-state index contributed by atoms with van der Waals surface area (Å²) in [5.74, 6) is -0.223. The van der Waals surface area contributed by atoms with Crippen molar-refractivity contribution < 1.29 is 14.3 Å². The molecule has 3 aromatic rings. The van der Waals surface area contributed by atoms with Crippen molar-refractivity contribution in [2.75, 3.05) is 19.0 Å². The smallest absolute Gasteiger partial charge is 0.410 e. The minimum atomic E-state index is -0.693. The molecule has 0 saturated heterocycles. The van der Waals surface area contributed by atoms with Crippen LogP contribution in [0.15, 0.2) is 54.9 Å². The number of hydrogen-bond donors (Lipinski definition) is 0. The van der Waals surface area contributed by atoms with Crippen LogP contribution in [0.4, 0.5) is 9.80 Å². The lowest BCUT2D eigenvalue weighted by molar-refractivity contribution is -0.122. The van der Waals surface area contributed by atoms with Gasteiger partial charge in [0.15, 0.2) is 0 Å². The number of pyridine rings is 1. The van der Waals surface area contributed by atoms with E-state index in [1.54, 1.807) is 38.3 Å². The normalized spacial score (nSPS) is 11.6. The number of thiazole rings is 1. The molecule has 0 aliphatic heterocycles. The van der Waals surface area contributed by atoms with E-state index in [1.165, 1.54) is 16.2 Å². The number of aryl methyl sites for hydroxylation is 1. The monoisotopic (exact) mass is 424 g/mol. The number of hydrogen-bond acceptors (Lipinski definition) is 6. The standard InChI is InChI=1S/C22H24N4O3S/c1-15-21(30-19(24-15)18-11-8-12-23-13-18)26(4)20(27)16(2)25(3)22(28)29-14-17-9-6-5-7-10-17/h5-13,16H,14H2,1-4H3/t16-/m1/s1. The summed E-state index contributed by atoms with van der Waals surface area (Å²) >= 11 is 1.41. The van der Waals surface area contributed by atoms with E-state index in [1.807, 2.05) is 49.4 Å². The summed E-state index contributed by atoms with van der Waals surface area (Å²) in [6.07, 6.45) is 2.89. The van der Waals surface area contributed by atoms with Gasteiger partial charge < -0.3 is 9.64 Å². The van der Waals surface area contributed by atoms with Gasteiger partial charge in [0, 0.05) is 32.1 Å². The van der Waals surface area contributed by atoms with E-state index in [2.05, 4.69) is 9.97 Å². The predicted octanol–water partition coefficient (Wildman–Crippen LogP) is 4.13. The number of amides is 2. The highest BCUT2D eigenvalue weighted by Gasteiger charge is 2.28. The Morgan fingerprint density at radius 2 is 1.87 bits per heavy atom. The Balaban J connectivity index is 1.66. The number of ether oxygens (including phenoxy) is 1. The molecule has 0 aliphatic carbocycles. The molecule has 0 spiro atoms. The van der Waals surface area contributed by atoms with Gasteiger partial charge >= 0.3 is 6.09 Å². The summed E-state index contributed by atoms with van der Waals surface area (Å²) in [7, 11) is 3.25. The number of rotatable bonds is 6. The summed E-state index contributed by atoms with van der Waals surface area (Å²) in [4.78, 5) is 36.9. The van der Waals surface area contributed by atoms with E-state index in [0.717, 1.165) is 26.8 Å². The third kappa shape index (κ3) is 4.83. The molecular formula is C22H24N4O3S. The average molecular weight is 425 g/mol. The van der Waals surface area contributed by atoms with Crippen LogP contribution in [0.1, 0.15) is 18.2 Å². The van der Waals surface area contributed by atoms with Crippen LogP contribution >= 0.6 is 11.3 Å². The van der Waals surface area contributed by atoms with Crippen LogP contribution in [0.5, 0.6) is 0 Å². The van der Waals surface area contributed by atoms with Gasteiger partial charge in [-0.25, -0.2) is 9.78 Å². The molecule has 0 saturated carbocycles. The predicted molar refractivity (Wildman–Crippen MR) is 117 cm³/mol. The van der Waals surface area contributed by atoms with Crippen LogP contribution in [0.25, 0.3) is 10.6 Å². The fourth-order valence-electron chi connectivity index (χ4n) is 2.84. The summed E-state index contributed by atoms with van der Waals surface area (Å²) in [6.45, 7) is 3.70. The van der Waals surface area contributed by atoms with Gasteiger partial charge in [-0.15, -0.1) is 0 Å². The van der Waals surface area contributed by atoms with E-state index < -0.39 is 12.1 Å². The molecule has 30 heavy (non-hydrogen) atoms. The number of carbonyl (C=O) groups excluding carboxylic acids is 2. The maximum absolute atomic E-state index is 13.0. The number of aromatic nitrogens is 2. The van der Waals surface area contributed by atoms with Crippen molar-refractivity contribution in [1.29, 1.82) is 0 Å². The first kappa shape index (κ1) is 21.4. The zero-order valence-electron chi connectivity index (χ0n) is 17.4. The number of benzene rings is 1. The first-order valence-corrected chi connectivity index (χ1v) is 10.3. The van der Waals surface area contributed by atoms with Crippen molar-refractivity contribution in [1.82, 2.24) is 14.9 Å². The van der Waals surface area contributed by atoms with E-state index in [4.69, 9.17) is 4.74 Å². The highest BCUT2D eigenvalue weighted by Crippen LogP contribution is 2.33. The molecule has 8 heteroatoms. The van der Waals surface area contributed by atoms with Gasteiger partial charge in [0.1, 0.15) is 22.7 Å². The molecule has 2 heterocycles. The van der Waals surface area contributed by atoms with Crippen LogP contribution in [-0.2, 0) is 16.1 Å². The lowest BCUT2D eigenvalue weighted by Crippen LogP contribution is -2.46. The lowest BCUT2D eigenvalue weighted by atomic mass is 10.2. The molecule has 2 aromatic heterocycles. The summed E-state index contributed by atoms with van der Waals surface area (Å²) < 4.78 is 5.33. The van der Waals surface area contributed by atoms with Gasteiger partial charge in [-0.2, -0.15) is 0 Å². The van der Waals surface area contributed by atoms with E-state index in [0.29, 0.717) is 0 Å². The van der Waals surface area contributed by atoms with Crippen LogP contribution in [0, 0.1) is 6.92 Å². The molecule has 1 aromatic carbocycles. The third-order valence-corrected chi connectivity index (χ3v) is 6.03. The second-order valence-electron chi connectivity index (χ2n) is 6.88. The Morgan fingerprint density at radius 3 is 2.53 bits per heavy atom. The van der Waals surface area contributed by atoms with Gasteiger partial charge in [0.25, 0.3) is 0 Å². The molecule has 156 valence electrons. The highest BCUT2D eigenvalue weighted by atomic mass is 32.1. The molecule has 0 radical (unpaired) electrons. The summed E-state index contributed by atoms with van der Waals surface area (Å²) in [6, 6.07) is 12.5. The number of anilines is 1. The van der Waals surface area contributed by atoms with Crippen molar-refractivity contribution in [2.24, 2.45) is 0 Å². The zero-order chi connectivity index (χ0) is 21.7. The van der Waals surface area contributed by atoms with Crippen molar-refractivity contribution in [3.05, 3.63) is 66.1 Å². The fourth-order valence-corrected chi connectivity index (χ4v) is 3.86. The van der Waals surface area contributed by atoms with Crippen molar-refractivity contribution in [3.63, 3.8) is 0 Å². The topological polar surface area (TPSA) is 75.6 Å². The first-order valence-electron chi connectivity index (χ1n) is 9.47. The molecule has 7 nitrogen and oxygen atoms in total. The number of carbonyl (C=O) groups is 2. The third-order valence-electron chi connectivity index (χ3n) is 4.75. The zero-order valence-corrected chi connectivity index (χ0v) is 18.2. The number of nitrogens with zero attached hydrogens (tertiary/aromatic N) is 4. The van der Waals surface area contributed by atoms with E-state index >= 15 is 0 Å². The summed E-state index contributed by atoms with van der Waals surface area (Å²) in [5.41, 5.74) is 2.53. The van der Waals surface area contributed by atoms with Crippen LogP contribution in [0.3, 0.4) is 0 Å². The van der Waals surface area contributed by atoms with E-state index in [9.17, 15) is 9.59 Å². The maximum Gasteiger partial charge on any atom is 0.410 e. The molecular weight excluding hydrogens is 400 g/mol. The molecule has 3 rings (SSSR count). The molecule has 0 unspecified atom stereocenters. The largest absolute Gasteiger partial charge is 0.445 e. The van der Waals surface area contributed by atoms with Crippen LogP contribution in [0.2, 0.25) is 0 Å². The first-order chi connectivity index (χ1) is 14.4. The average Bonchev–Trinajstić information content (AvgIpc) is 3.18. The summed E-state index contributed by atoms with van der Waals surface area (Å²) in [5, 5.41) is 1.52. The lowest BCUT2D eigenvalue weighted by Gasteiger charge is -2.27. The SMILES string of the molecule is Cc1nc(-c2cccnc2)sc1N(C)C(=O)[C@@H](C)N(C)C(=O)OCc1ccccc1. The van der Waals surface area contributed by atoms with Gasteiger partial charge in [-0.05, 0) is 31.5 Å². The molecule has 2 amide bonds. The van der Waals surface area contributed by atoms with Gasteiger partial charge in [0.2, 0.25) is 5.91 Å². The Hall–Kier alpha value is -3.26. The highest BCUT2D eigenvalue weighted by molar-refractivity contribution is 7.19. The Kier molecular flexibility index (Phi) is 6.79. The molecule has 0 aliphatic rings. The molecule has 0 N–H and O–H groups in total. The quantitative estimate of drug-likeness (QED) is 0.595. The van der Waals surface area contributed by atoms with Crippen molar-refractivity contribution in [2.45, 2.75) is 26.5 Å². The van der Waals surface area contributed by atoms with Gasteiger partial charge in [-0.3, -0.25) is 14.7 Å². The number of likely N-dealkylation sites (N-methyl/N-ethyl adjacent to an activating group) is 2. The maximum atomic E-state index is 13.0. The Morgan fingerprint density at radius 1 is 1.13 bits per heavy atom. The fraction of sp³-hybridized carbons (Fsp3) is 0.273. The van der Waals surface area contributed by atoms with Crippen molar-refractivity contribution in [3.8, 4) is 10.6 Å². The Labute approximate surface area is 180 Å². The second kappa shape index (κ2) is 9.49. The van der Waals surface area contributed by atoms with Crippen molar-refractivity contribution >= 4 is 28.3 Å². The molecule has 0 bridgehead atoms.